The molecule has 0 aliphatic heterocycles. The van der Waals surface area contributed by atoms with Crippen molar-refractivity contribution in [2.75, 3.05) is 20.2 Å². The Balaban J connectivity index is 2.80. The van der Waals surface area contributed by atoms with E-state index < -0.39 is 16.1 Å². The number of methoxy groups -OCH3 is 1. The molecule has 1 aromatic rings. The molecule has 1 amide bonds. The molecule has 8 heteroatoms. The Morgan fingerprint density at radius 1 is 1.21 bits per heavy atom. The first-order valence-electron chi connectivity index (χ1n) is 7.96. The minimum atomic E-state index is -3.80. The number of sulfonamides is 1. The lowest BCUT2D eigenvalue weighted by Crippen LogP contribution is -2.49. The molecule has 4 N–H and O–H groups in total. The molecule has 0 heterocycles. The Morgan fingerprint density at radius 2 is 1.83 bits per heavy atom. The number of nitrogens with two attached hydrogens (primary N) is 1. The molecule has 1 aromatic carbocycles. The minimum absolute atomic E-state index is 0.0879. The summed E-state index contributed by atoms with van der Waals surface area (Å²) >= 11 is 0. The van der Waals surface area contributed by atoms with Gasteiger partial charge in [0.05, 0.1) is 12.0 Å². The van der Waals surface area contributed by atoms with Crippen LogP contribution < -0.4 is 20.5 Å². The molecule has 136 valence electrons. The average molecular weight is 357 g/mol. The fraction of sp³-hybridized carbons (Fsp3) is 0.562. The highest BCUT2D eigenvalue weighted by Crippen LogP contribution is 2.16. The fourth-order valence-corrected chi connectivity index (χ4v) is 3.42. The van der Waals surface area contributed by atoms with Gasteiger partial charge in [-0.3, -0.25) is 4.79 Å². The van der Waals surface area contributed by atoms with Gasteiger partial charge < -0.3 is 15.8 Å². The second-order valence-corrected chi connectivity index (χ2v) is 7.52. The summed E-state index contributed by atoms with van der Waals surface area (Å²) in [5.74, 6) is 0.0404. The van der Waals surface area contributed by atoms with Crippen molar-refractivity contribution in [3.05, 3.63) is 24.3 Å². The summed E-state index contributed by atoms with van der Waals surface area (Å²) in [6, 6.07) is 5.17. The third-order valence-corrected chi connectivity index (χ3v) is 4.99. The number of hydrogen-bond acceptors (Lipinski definition) is 5. The number of carbonyl (C=O) groups is 1. The zero-order valence-electron chi connectivity index (χ0n) is 14.4. The van der Waals surface area contributed by atoms with Crippen LogP contribution in [0.4, 0.5) is 0 Å². The number of amides is 1. The number of rotatable bonds is 10. The Kier molecular flexibility index (Phi) is 8.17. The third-order valence-electron chi connectivity index (χ3n) is 3.53. The molecule has 0 bridgehead atoms. The van der Waals surface area contributed by atoms with E-state index in [1.165, 1.54) is 19.2 Å². The van der Waals surface area contributed by atoms with E-state index in [0.29, 0.717) is 18.8 Å². The molecular weight excluding hydrogens is 330 g/mol. The van der Waals surface area contributed by atoms with Crippen molar-refractivity contribution >= 4 is 15.9 Å². The highest BCUT2D eigenvalue weighted by atomic mass is 32.2. The van der Waals surface area contributed by atoms with Crippen LogP contribution in [0.5, 0.6) is 5.75 Å². The molecule has 1 unspecified atom stereocenters. The number of hydrogen-bond donors (Lipinski definition) is 3. The summed E-state index contributed by atoms with van der Waals surface area (Å²) in [5, 5.41) is 2.75. The second-order valence-electron chi connectivity index (χ2n) is 5.81. The summed E-state index contributed by atoms with van der Waals surface area (Å²) in [4.78, 5) is 12.4. The summed E-state index contributed by atoms with van der Waals surface area (Å²) in [6.07, 6.45) is 1.57. The maximum Gasteiger partial charge on any atom is 0.241 e. The summed E-state index contributed by atoms with van der Waals surface area (Å²) in [5.41, 5.74) is 5.41. The van der Waals surface area contributed by atoms with E-state index in [-0.39, 0.29) is 16.7 Å². The largest absolute Gasteiger partial charge is 0.497 e. The molecule has 1 rings (SSSR count). The normalized spacial score (nSPS) is 12.9. The quantitative estimate of drug-likeness (QED) is 0.538. The molecule has 0 saturated carbocycles. The zero-order chi connectivity index (χ0) is 18.2. The Bertz CT molecular complexity index is 615. The van der Waals surface area contributed by atoms with Crippen LogP contribution in [0.25, 0.3) is 0 Å². The molecule has 0 aliphatic carbocycles. The lowest BCUT2D eigenvalue weighted by atomic mass is 10.1. The van der Waals surface area contributed by atoms with Gasteiger partial charge in [-0.2, -0.15) is 4.72 Å². The molecule has 7 nitrogen and oxygen atoms in total. The molecule has 0 saturated heterocycles. The maximum absolute atomic E-state index is 12.5. The van der Waals surface area contributed by atoms with Gasteiger partial charge in [0.25, 0.3) is 0 Å². The molecular formula is C16H27N3O4S. The van der Waals surface area contributed by atoms with Gasteiger partial charge in [-0.1, -0.05) is 13.8 Å². The molecule has 0 fully saturated rings. The average Bonchev–Trinajstić information content (AvgIpc) is 2.56. The first-order valence-corrected chi connectivity index (χ1v) is 9.44. The smallest absolute Gasteiger partial charge is 0.241 e. The lowest BCUT2D eigenvalue weighted by Gasteiger charge is -2.21. The first-order chi connectivity index (χ1) is 11.3. The van der Waals surface area contributed by atoms with Crippen molar-refractivity contribution in [3.63, 3.8) is 0 Å². The van der Waals surface area contributed by atoms with Crippen LogP contribution in [0.2, 0.25) is 0 Å². The van der Waals surface area contributed by atoms with Crippen LogP contribution in [0, 0.1) is 5.92 Å². The third kappa shape index (κ3) is 6.10. The second kappa shape index (κ2) is 9.61. The van der Waals surface area contributed by atoms with Gasteiger partial charge in [0, 0.05) is 6.54 Å². The van der Waals surface area contributed by atoms with Crippen LogP contribution in [0.3, 0.4) is 0 Å². The zero-order valence-corrected chi connectivity index (χ0v) is 15.2. The standard InChI is InChI=1S/C16H27N3O4S/c1-12(2)15(16(20)18-11-5-4-10-17)19-24(21,22)14-8-6-13(23-3)7-9-14/h6-9,12,15,19H,4-5,10-11,17H2,1-3H3,(H,18,20). The van der Waals surface area contributed by atoms with E-state index >= 15 is 0 Å². The maximum atomic E-state index is 12.5. The molecule has 24 heavy (non-hydrogen) atoms. The van der Waals surface area contributed by atoms with Crippen molar-refractivity contribution in [2.24, 2.45) is 11.7 Å². The van der Waals surface area contributed by atoms with E-state index in [0.717, 1.165) is 12.8 Å². The molecule has 0 spiro atoms. The van der Waals surface area contributed by atoms with Crippen LogP contribution >= 0.6 is 0 Å². The van der Waals surface area contributed by atoms with E-state index in [4.69, 9.17) is 10.5 Å². The van der Waals surface area contributed by atoms with E-state index in [2.05, 4.69) is 10.0 Å². The van der Waals surface area contributed by atoms with Gasteiger partial charge in [0.1, 0.15) is 11.8 Å². The lowest BCUT2D eigenvalue weighted by molar-refractivity contribution is -0.123. The van der Waals surface area contributed by atoms with Gasteiger partial charge in [-0.15, -0.1) is 0 Å². The predicted molar refractivity (Wildman–Crippen MR) is 93.2 cm³/mol. The van der Waals surface area contributed by atoms with Gasteiger partial charge in [0.2, 0.25) is 15.9 Å². The SMILES string of the molecule is COc1ccc(S(=O)(=O)NC(C(=O)NCCCCN)C(C)C)cc1. The monoisotopic (exact) mass is 357 g/mol. The highest BCUT2D eigenvalue weighted by Gasteiger charge is 2.28. The van der Waals surface area contributed by atoms with Crippen LogP contribution in [0.1, 0.15) is 26.7 Å². The van der Waals surface area contributed by atoms with Crippen molar-refractivity contribution in [2.45, 2.75) is 37.6 Å². The fourth-order valence-electron chi connectivity index (χ4n) is 2.07. The Hall–Kier alpha value is -1.64. The van der Waals surface area contributed by atoms with Crippen molar-refractivity contribution in [1.82, 2.24) is 10.0 Å². The Labute approximate surface area is 144 Å². The molecule has 0 aliphatic rings. The Morgan fingerprint density at radius 3 is 2.33 bits per heavy atom. The first kappa shape index (κ1) is 20.4. The van der Waals surface area contributed by atoms with Gasteiger partial charge in [0.15, 0.2) is 0 Å². The molecule has 0 aromatic heterocycles. The van der Waals surface area contributed by atoms with Crippen LogP contribution in [0.15, 0.2) is 29.2 Å². The number of carbonyl (C=O) groups excluding carboxylic acids is 1. The van der Waals surface area contributed by atoms with Crippen LogP contribution in [-0.4, -0.2) is 40.6 Å². The van der Waals surface area contributed by atoms with E-state index in [1.54, 1.807) is 26.0 Å². The van der Waals surface area contributed by atoms with Crippen molar-refractivity contribution in [1.29, 1.82) is 0 Å². The van der Waals surface area contributed by atoms with E-state index in [9.17, 15) is 13.2 Å². The number of ether oxygens (including phenoxy) is 1. The topological polar surface area (TPSA) is 111 Å². The summed E-state index contributed by atoms with van der Waals surface area (Å²) in [7, 11) is -2.29. The summed E-state index contributed by atoms with van der Waals surface area (Å²) in [6.45, 7) is 4.62. The number of nitrogens with one attached hydrogen (secondary N) is 2. The molecule has 1 atom stereocenters. The van der Waals surface area contributed by atoms with Gasteiger partial charge >= 0.3 is 0 Å². The van der Waals surface area contributed by atoms with Gasteiger partial charge in [-0.25, -0.2) is 8.42 Å². The minimum Gasteiger partial charge on any atom is -0.497 e. The number of benzene rings is 1. The van der Waals surface area contributed by atoms with Crippen molar-refractivity contribution in [3.8, 4) is 5.75 Å². The molecule has 0 radical (unpaired) electrons. The predicted octanol–water partition coefficient (Wildman–Crippen LogP) is 0.853. The van der Waals surface area contributed by atoms with Crippen LogP contribution in [-0.2, 0) is 14.8 Å². The van der Waals surface area contributed by atoms with Gasteiger partial charge in [-0.05, 0) is 49.6 Å². The highest BCUT2D eigenvalue weighted by molar-refractivity contribution is 7.89. The van der Waals surface area contributed by atoms with E-state index in [1.807, 2.05) is 0 Å². The number of unbranched alkanes of at least 4 members (excludes halogenated alkanes) is 1. The van der Waals surface area contributed by atoms with Crippen molar-refractivity contribution < 1.29 is 17.9 Å². The summed E-state index contributed by atoms with van der Waals surface area (Å²) < 4.78 is 32.5.